The van der Waals surface area contributed by atoms with Crippen molar-refractivity contribution in [3.05, 3.63) is 35.4 Å². The molecule has 0 aliphatic heterocycles. The second-order valence-corrected chi connectivity index (χ2v) is 2.59. The first-order chi connectivity index (χ1) is 6.65. The Balaban J connectivity index is 3.16. The molecule has 1 aromatic rings. The van der Waals surface area contributed by atoms with Crippen molar-refractivity contribution in [1.82, 2.24) is 0 Å². The van der Waals surface area contributed by atoms with Crippen molar-refractivity contribution in [3.63, 3.8) is 0 Å². The largest absolute Gasteiger partial charge is 0.478 e. The molecule has 70 valence electrons. The molecule has 4 heteroatoms. The standard InChI is InChI=1S/C10H8N2O2/c11-6-8-7(4-5-10(13)14)2-1-3-9(8)12/h1-5H,12H2,(H,13,14)/b5-4-. The van der Waals surface area contributed by atoms with Gasteiger partial charge in [0.1, 0.15) is 6.07 Å². The molecule has 0 aliphatic carbocycles. The third kappa shape index (κ3) is 2.11. The molecule has 0 saturated heterocycles. The maximum Gasteiger partial charge on any atom is 0.328 e. The van der Waals surface area contributed by atoms with E-state index in [4.69, 9.17) is 16.1 Å². The Bertz CT molecular complexity index is 430. The number of nitrogen functional groups attached to an aromatic ring is 1. The van der Waals surface area contributed by atoms with Gasteiger partial charge in [0.2, 0.25) is 0 Å². The van der Waals surface area contributed by atoms with Crippen molar-refractivity contribution in [1.29, 1.82) is 5.26 Å². The average Bonchev–Trinajstić information content (AvgIpc) is 2.14. The van der Waals surface area contributed by atoms with Gasteiger partial charge in [-0.2, -0.15) is 5.26 Å². The van der Waals surface area contributed by atoms with E-state index in [9.17, 15) is 4.79 Å². The van der Waals surface area contributed by atoms with E-state index in [1.165, 1.54) is 6.08 Å². The van der Waals surface area contributed by atoms with Crippen LogP contribution in [-0.2, 0) is 4.79 Å². The van der Waals surface area contributed by atoms with Crippen LogP contribution >= 0.6 is 0 Å². The third-order valence-electron chi connectivity index (χ3n) is 1.65. The second-order valence-electron chi connectivity index (χ2n) is 2.59. The summed E-state index contributed by atoms with van der Waals surface area (Å²) in [6, 6.07) is 6.81. The molecule has 0 fully saturated rings. The summed E-state index contributed by atoms with van der Waals surface area (Å²) in [5.74, 6) is -1.06. The van der Waals surface area contributed by atoms with E-state index >= 15 is 0 Å². The number of carboxylic acid groups (broad SMARTS) is 1. The number of rotatable bonds is 2. The molecule has 0 aromatic heterocycles. The van der Waals surface area contributed by atoms with Gasteiger partial charge in [0.05, 0.1) is 11.3 Å². The van der Waals surface area contributed by atoms with Crippen molar-refractivity contribution in [2.75, 3.05) is 5.73 Å². The summed E-state index contributed by atoms with van der Waals surface area (Å²) in [5, 5.41) is 17.2. The first-order valence-electron chi connectivity index (χ1n) is 3.84. The Hall–Kier alpha value is -2.28. The highest BCUT2D eigenvalue weighted by atomic mass is 16.4. The first-order valence-corrected chi connectivity index (χ1v) is 3.84. The van der Waals surface area contributed by atoms with Crippen LogP contribution in [0.1, 0.15) is 11.1 Å². The first kappa shape index (κ1) is 9.81. The van der Waals surface area contributed by atoms with Crippen LogP contribution in [0, 0.1) is 11.3 Å². The van der Waals surface area contributed by atoms with Crippen molar-refractivity contribution >= 4 is 17.7 Å². The van der Waals surface area contributed by atoms with Crippen LogP contribution in [0.3, 0.4) is 0 Å². The summed E-state index contributed by atoms with van der Waals surface area (Å²) < 4.78 is 0. The molecule has 0 aliphatic rings. The minimum absolute atomic E-state index is 0.296. The van der Waals surface area contributed by atoms with E-state index in [0.29, 0.717) is 16.8 Å². The quantitative estimate of drug-likeness (QED) is 0.540. The van der Waals surface area contributed by atoms with Gasteiger partial charge >= 0.3 is 5.97 Å². The van der Waals surface area contributed by atoms with Crippen molar-refractivity contribution in [3.8, 4) is 6.07 Å². The van der Waals surface area contributed by atoms with Gasteiger partial charge in [0.15, 0.2) is 0 Å². The molecule has 0 radical (unpaired) electrons. The Kier molecular flexibility index (Phi) is 2.87. The molecule has 0 atom stereocenters. The fourth-order valence-electron chi connectivity index (χ4n) is 1.02. The number of nitrogens with zero attached hydrogens (tertiary/aromatic N) is 1. The minimum atomic E-state index is -1.06. The van der Waals surface area contributed by atoms with E-state index < -0.39 is 5.97 Å². The van der Waals surface area contributed by atoms with E-state index in [0.717, 1.165) is 6.08 Å². The molecular formula is C10H8N2O2. The van der Waals surface area contributed by atoms with Gasteiger partial charge in [-0.15, -0.1) is 0 Å². The molecule has 3 N–H and O–H groups in total. The molecule has 1 aromatic carbocycles. The molecular weight excluding hydrogens is 180 g/mol. The molecule has 1 rings (SSSR count). The predicted octanol–water partition coefficient (Wildman–Crippen LogP) is 1.24. The molecule has 0 bridgehead atoms. The van der Waals surface area contributed by atoms with Crippen LogP contribution in [0.5, 0.6) is 0 Å². The Morgan fingerprint density at radius 2 is 2.29 bits per heavy atom. The highest BCUT2D eigenvalue weighted by Crippen LogP contribution is 2.16. The normalized spacial score (nSPS) is 9.93. The molecule has 0 unspecified atom stereocenters. The number of carbonyl (C=O) groups is 1. The van der Waals surface area contributed by atoms with Crippen LogP contribution in [0.25, 0.3) is 6.08 Å². The van der Waals surface area contributed by atoms with Crippen LogP contribution in [0.2, 0.25) is 0 Å². The lowest BCUT2D eigenvalue weighted by Crippen LogP contribution is -1.93. The summed E-state index contributed by atoms with van der Waals surface area (Å²) >= 11 is 0. The number of hydrogen-bond donors (Lipinski definition) is 2. The minimum Gasteiger partial charge on any atom is -0.478 e. The Labute approximate surface area is 80.9 Å². The smallest absolute Gasteiger partial charge is 0.328 e. The Morgan fingerprint density at radius 1 is 1.57 bits per heavy atom. The summed E-state index contributed by atoms with van der Waals surface area (Å²) in [6.45, 7) is 0. The van der Waals surface area contributed by atoms with E-state index in [-0.39, 0.29) is 0 Å². The Morgan fingerprint density at radius 3 is 2.86 bits per heavy atom. The summed E-state index contributed by atoms with van der Waals surface area (Å²) in [6.07, 6.45) is 2.31. The van der Waals surface area contributed by atoms with E-state index in [1.807, 2.05) is 6.07 Å². The lowest BCUT2D eigenvalue weighted by atomic mass is 10.1. The van der Waals surface area contributed by atoms with Gasteiger partial charge in [-0.3, -0.25) is 0 Å². The van der Waals surface area contributed by atoms with Gasteiger partial charge in [-0.25, -0.2) is 4.79 Å². The fraction of sp³-hybridized carbons (Fsp3) is 0. The molecule has 0 heterocycles. The van der Waals surface area contributed by atoms with Crippen molar-refractivity contribution in [2.24, 2.45) is 0 Å². The van der Waals surface area contributed by atoms with Gasteiger partial charge in [0.25, 0.3) is 0 Å². The highest BCUT2D eigenvalue weighted by Gasteiger charge is 2.02. The summed E-state index contributed by atoms with van der Waals surface area (Å²) in [7, 11) is 0. The van der Waals surface area contributed by atoms with Crippen LogP contribution < -0.4 is 5.73 Å². The number of carboxylic acids is 1. The van der Waals surface area contributed by atoms with Gasteiger partial charge < -0.3 is 10.8 Å². The van der Waals surface area contributed by atoms with Crippen LogP contribution in [-0.4, -0.2) is 11.1 Å². The van der Waals surface area contributed by atoms with E-state index in [2.05, 4.69) is 0 Å². The molecule has 0 saturated carbocycles. The van der Waals surface area contributed by atoms with E-state index in [1.54, 1.807) is 18.2 Å². The fourth-order valence-corrected chi connectivity index (χ4v) is 1.02. The zero-order chi connectivity index (χ0) is 10.6. The average molecular weight is 188 g/mol. The number of aliphatic carboxylic acids is 1. The number of anilines is 1. The number of hydrogen-bond acceptors (Lipinski definition) is 3. The maximum absolute atomic E-state index is 10.3. The highest BCUT2D eigenvalue weighted by molar-refractivity contribution is 5.86. The molecule has 0 amide bonds. The zero-order valence-electron chi connectivity index (χ0n) is 7.27. The van der Waals surface area contributed by atoms with Crippen molar-refractivity contribution < 1.29 is 9.90 Å². The predicted molar refractivity (Wildman–Crippen MR) is 52.2 cm³/mol. The number of nitrogens with two attached hydrogens (primary N) is 1. The van der Waals surface area contributed by atoms with Gasteiger partial charge in [-0.1, -0.05) is 12.1 Å². The monoisotopic (exact) mass is 188 g/mol. The summed E-state index contributed by atoms with van der Waals surface area (Å²) in [4.78, 5) is 10.3. The zero-order valence-corrected chi connectivity index (χ0v) is 7.27. The van der Waals surface area contributed by atoms with Crippen LogP contribution in [0.15, 0.2) is 24.3 Å². The van der Waals surface area contributed by atoms with Crippen LogP contribution in [0.4, 0.5) is 5.69 Å². The molecule has 4 nitrogen and oxygen atoms in total. The molecule has 0 spiro atoms. The van der Waals surface area contributed by atoms with Gasteiger partial charge in [-0.05, 0) is 17.7 Å². The lowest BCUT2D eigenvalue weighted by molar-refractivity contribution is -0.131. The topological polar surface area (TPSA) is 87.1 Å². The van der Waals surface area contributed by atoms with Gasteiger partial charge in [0, 0.05) is 6.08 Å². The number of nitriles is 1. The summed E-state index contributed by atoms with van der Waals surface area (Å²) in [5.41, 5.74) is 6.69. The maximum atomic E-state index is 10.3. The lowest BCUT2D eigenvalue weighted by Gasteiger charge is -2.00. The van der Waals surface area contributed by atoms with Crippen molar-refractivity contribution in [2.45, 2.75) is 0 Å². The number of benzene rings is 1. The SMILES string of the molecule is N#Cc1c(N)cccc1/C=C\C(=O)O. The molecule has 14 heavy (non-hydrogen) atoms. The second kappa shape index (κ2) is 4.10. The third-order valence-corrected chi connectivity index (χ3v) is 1.65.